The van der Waals surface area contributed by atoms with Gasteiger partial charge in [0.05, 0.1) is 0 Å². The molecule has 0 aromatic carbocycles. The van der Waals surface area contributed by atoms with Crippen molar-refractivity contribution in [1.29, 1.82) is 0 Å². The third kappa shape index (κ3) is 4.88. The van der Waals surface area contributed by atoms with Crippen molar-refractivity contribution < 1.29 is 0 Å². The Kier molecular flexibility index (Phi) is 6.31. The van der Waals surface area contributed by atoms with Gasteiger partial charge in [0.2, 0.25) is 0 Å². The van der Waals surface area contributed by atoms with Crippen LogP contribution in [0.2, 0.25) is 0 Å². The zero-order valence-electron chi connectivity index (χ0n) is 12.3. The molecule has 0 radical (unpaired) electrons. The highest BCUT2D eigenvalue weighted by Gasteiger charge is 2.15. The topological polar surface area (TPSA) is 18.5 Å². The Morgan fingerprint density at radius 1 is 1.32 bits per heavy atom. The first-order valence-corrected chi connectivity index (χ1v) is 8.35. The Balaban J connectivity index is 1.70. The van der Waals surface area contributed by atoms with Crippen LogP contribution >= 0.6 is 11.3 Å². The van der Waals surface area contributed by atoms with Crippen LogP contribution in [0.25, 0.3) is 0 Å². The first-order chi connectivity index (χ1) is 9.29. The number of hydrogen-bond acceptors (Lipinski definition) is 4. The highest BCUT2D eigenvalue weighted by molar-refractivity contribution is 7.10. The monoisotopic (exact) mass is 281 g/mol. The normalized spacial score (nSPS) is 19.7. The fourth-order valence-electron chi connectivity index (χ4n) is 2.59. The number of nitrogens with zero attached hydrogens (tertiary/aromatic N) is 2. The molecule has 1 aromatic rings. The second kappa shape index (κ2) is 8.00. The molecule has 108 valence electrons. The van der Waals surface area contributed by atoms with Crippen LogP contribution in [-0.4, -0.2) is 56.1 Å². The molecule has 2 heterocycles. The molecule has 0 bridgehead atoms. The largest absolute Gasteiger partial charge is 0.308 e. The predicted molar refractivity (Wildman–Crippen MR) is 83.9 cm³/mol. The molecule has 3 nitrogen and oxygen atoms in total. The van der Waals surface area contributed by atoms with E-state index in [0.717, 1.165) is 6.54 Å². The lowest BCUT2D eigenvalue weighted by molar-refractivity contribution is 0.153. The fraction of sp³-hybridized carbons (Fsp3) is 0.733. The van der Waals surface area contributed by atoms with Crippen LogP contribution in [0.1, 0.15) is 30.7 Å². The molecule has 1 aromatic heterocycles. The van der Waals surface area contributed by atoms with Crippen molar-refractivity contribution in [2.24, 2.45) is 0 Å². The van der Waals surface area contributed by atoms with E-state index in [0.29, 0.717) is 6.04 Å². The highest BCUT2D eigenvalue weighted by Crippen LogP contribution is 2.22. The Hall–Kier alpha value is -0.420. The van der Waals surface area contributed by atoms with Crippen LogP contribution in [0.3, 0.4) is 0 Å². The molecule has 1 N–H and O–H groups in total. The molecule has 0 saturated carbocycles. The number of thiophene rings is 1. The van der Waals surface area contributed by atoms with Gasteiger partial charge in [-0.2, -0.15) is 0 Å². The molecule has 1 saturated heterocycles. The van der Waals surface area contributed by atoms with Gasteiger partial charge in [0.15, 0.2) is 0 Å². The third-order valence-corrected chi connectivity index (χ3v) is 4.86. The van der Waals surface area contributed by atoms with Gasteiger partial charge >= 0.3 is 0 Å². The zero-order chi connectivity index (χ0) is 13.5. The van der Waals surface area contributed by atoms with E-state index in [1.165, 1.54) is 50.4 Å². The molecule has 19 heavy (non-hydrogen) atoms. The number of rotatable bonds is 7. The second-order valence-corrected chi connectivity index (χ2v) is 6.43. The summed E-state index contributed by atoms with van der Waals surface area (Å²) in [6, 6.07) is 4.97. The van der Waals surface area contributed by atoms with Crippen LogP contribution in [0.5, 0.6) is 0 Å². The second-order valence-electron chi connectivity index (χ2n) is 5.46. The first-order valence-electron chi connectivity index (χ1n) is 7.47. The van der Waals surface area contributed by atoms with Crippen molar-refractivity contribution >= 4 is 11.3 Å². The Labute approximate surface area is 121 Å². The molecular formula is C15H27N3S. The average molecular weight is 281 g/mol. The predicted octanol–water partition coefficient (Wildman–Crippen LogP) is 2.43. The van der Waals surface area contributed by atoms with Crippen LogP contribution < -0.4 is 5.32 Å². The van der Waals surface area contributed by atoms with Crippen LogP contribution in [0.15, 0.2) is 17.5 Å². The number of likely N-dealkylation sites (N-methyl/N-ethyl adjacent to an activating group) is 1. The van der Waals surface area contributed by atoms with E-state index in [-0.39, 0.29) is 0 Å². The summed E-state index contributed by atoms with van der Waals surface area (Å²) in [4.78, 5) is 6.47. The summed E-state index contributed by atoms with van der Waals surface area (Å²) in [5.74, 6) is 0. The number of hydrogen-bond donors (Lipinski definition) is 1. The molecule has 1 atom stereocenters. The maximum atomic E-state index is 3.74. The summed E-state index contributed by atoms with van der Waals surface area (Å²) in [6.45, 7) is 9.41. The molecule has 0 spiro atoms. The maximum Gasteiger partial charge on any atom is 0.0415 e. The molecule has 1 aliphatic heterocycles. The highest BCUT2D eigenvalue weighted by atomic mass is 32.1. The minimum atomic E-state index is 0.553. The molecule has 1 aliphatic rings. The van der Waals surface area contributed by atoms with E-state index in [1.807, 2.05) is 11.3 Å². The smallest absolute Gasteiger partial charge is 0.0415 e. The molecule has 2 rings (SSSR count). The van der Waals surface area contributed by atoms with E-state index < -0.39 is 0 Å². The van der Waals surface area contributed by atoms with Crippen molar-refractivity contribution in [1.82, 2.24) is 15.1 Å². The minimum absolute atomic E-state index is 0.553. The van der Waals surface area contributed by atoms with Crippen LogP contribution in [0.4, 0.5) is 0 Å². The van der Waals surface area contributed by atoms with Gasteiger partial charge in [-0.05, 0) is 24.9 Å². The molecule has 0 aliphatic carbocycles. The molecule has 4 heteroatoms. The molecule has 1 fully saturated rings. The summed E-state index contributed by atoms with van der Waals surface area (Å²) in [5.41, 5.74) is 0. The van der Waals surface area contributed by atoms with Crippen molar-refractivity contribution in [2.75, 3.05) is 46.3 Å². The van der Waals surface area contributed by atoms with E-state index in [1.54, 1.807) is 0 Å². The Bertz CT molecular complexity index is 331. The number of nitrogens with one attached hydrogen (secondary N) is 1. The maximum absolute atomic E-state index is 3.74. The number of piperazine rings is 1. The lowest BCUT2D eigenvalue weighted by Gasteiger charge is -2.32. The van der Waals surface area contributed by atoms with E-state index in [2.05, 4.69) is 46.6 Å². The summed E-state index contributed by atoms with van der Waals surface area (Å²) in [6.07, 6.45) is 2.48. The average Bonchev–Trinajstić information content (AvgIpc) is 2.94. The van der Waals surface area contributed by atoms with Gasteiger partial charge in [0.25, 0.3) is 0 Å². The Morgan fingerprint density at radius 2 is 2.11 bits per heavy atom. The van der Waals surface area contributed by atoms with Gasteiger partial charge in [-0.1, -0.05) is 19.4 Å². The van der Waals surface area contributed by atoms with Gasteiger partial charge in [-0.25, -0.2) is 0 Å². The lowest BCUT2D eigenvalue weighted by atomic mass is 10.1. The lowest BCUT2D eigenvalue weighted by Crippen LogP contribution is -2.46. The SMILES string of the molecule is CCCC(NCCN1CCN(C)CC1)c1cccs1. The van der Waals surface area contributed by atoms with Crippen molar-refractivity contribution in [3.63, 3.8) is 0 Å². The fourth-order valence-corrected chi connectivity index (χ4v) is 3.43. The quantitative estimate of drug-likeness (QED) is 0.828. The van der Waals surface area contributed by atoms with Gasteiger partial charge in [0, 0.05) is 50.2 Å². The standard InChI is InChI=1S/C15H27N3S/c1-3-5-14(15-6-4-13-19-15)16-7-8-18-11-9-17(2)10-12-18/h4,6,13-14,16H,3,5,7-12H2,1-2H3. The molecular weight excluding hydrogens is 254 g/mol. The summed E-state index contributed by atoms with van der Waals surface area (Å²) in [7, 11) is 2.21. The van der Waals surface area contributed by atoms with Gasteiger partial charge in [0.1, 0.15) is 0 Å². The van der Waals surface area contributed by atoms with Crippen molar-refractivity contribution in [2.45, 2.75) is 25.8 Å². The minimum Gasteiger partial charge on any atom is -0.308 e. The summed E-state index contributed by atoms with van der Waals surface area (Å²) in [5, 5.41) is 5.92. The summed E-state index contributed by atoms with van der Waals surface area (Å²) < 4.78 is 0. The first kappa shape index (κ1) is 15.0. The van der Waals surface area contributed by atoms with Gasteiger partial charge in [-0.15, -0.1) is 11.3 Å². The van der Waals surface area contributed by atoms with E-state index in [9.17, 15) is 0 Å². The molecule has 1 unspecified atom stereocenters. The molecule has 0 amide bonds. The third-order valence-electron chi connectivity index (χ3n) is 3.88. The van der Waals surface area contributed by atoms with Crippen LogP contribution in [0, 0.1) is 0 Å². The van der Waals surface area contributed by atoms with E-state index >= 15 is 0 Å². The van der Waals surface area contributed by atoms with Gasteiger partial charge < -0.3 is 10.2 Å². The van der Waals surface area contributed by atoms with Crippen molar-refractivity contribution in [3.8, 4) is 0 Å². The van der Waals surface area contributed by atoms with E-state index in [4.69, 9.17) is 0 Å². The summed E-state index contributed by atoms with van der Waals surface area (Å²) >= 11 is 1.87. The Morgan fingerprint density at radius 3 is 2.74 bits per heavy atom. The zero-order valence-corrected chi connectivity index (χ0v) is 13.1. The van der Waals surface area contributed by atoms with Crippen LogP contribution in [-0.2, 0) is 0 Å². The van der Waals surface area contributed by atoms with Gasteiger partial charge in [-0.3, -0.25) is 4.90 Å². The van der Waals surface area contributed by atoms with Crippen molar-refractivity contribution in [3.05, 3.63) is 22.4 Å².